The third-order valence-electron chi connectivity index (χ3n) is 7.49. The lowest BCUT2D eigenvalue weighted by atomic mass is 9.47. The van der Waals surface area contributed by atoms with Gasteiger partial charge in [0.1, 0.15) is 5.75 Å². The highest BCUT2D eigenvalue weighted by atomic mass is 32.2. The van der Waals surface area contributed by atoms with E-state index in [4.69, 9.17) is 9.32 Å². The number of fused-ring (bicyclic) bond motifs is 5. The number of hydrogen-bond donors (Lipinski definition) is 3. The van der Waals surface area contributed by atoms with Gasteiger partial charge in [-0.1, -0.05) is 19.1 Å². The highest BCUT2D eigenvalue weighted by Crippen LogP contribution is 2.67. The third-order valence-corrected chi connectivity index (χ3v) is 7.92. The Labute approximate surface area is 160 Å². The van der Waals surface area contributed by atoms with Crippen LogP contribution in [0.15, 0.2) is 30.9 Å². The zero-order valence-electron chi connectivity index (χ0n) is 15.5. The summed E-state index contributed by atoms with van der Waals surface area (Å²) < 4.78 is 27.3. The van der Waals surface area contributed by atoms with E-state index in [1.165, 1.54) is 5.56 Å². The molecule has 0 radical (unpaired) electrons. The van der Waals surface area contributed by atoms with Crippen molar-refractivity contribution in [1.29, 1.82) is 0 Å². The molecule has 0 aliphatic heterocycles. The van der Waals surface area contributed by atoms with Crippen LogP contribution in [0.2, 0.25) is 0 Å². The van der Waals surface area contributed by atoms with E-state index in [0.29, 0.717) is 6.42 Å². The van der Waals surface area contributed by atoms with Crippen LogP contribution in [0.3, 0.4) is 0 Å². The lowest BCUT2D eigenvalue weighted by Gasteiger charge is -2.57. The molecule has 27 heavy (non-hydrogen) atoms. The summed E-state index contributed by atoms with van der Waals surface area (Å²) in [6.45, 7) is 6.25. The summed E-state index contributed by atoms with van der Waals surface area (Å²) in [7, 11) is -4.05. The molecule has 0 bridgehead atoms. The van der Waals surface area contributed by atoms with Crippen LogP contribution in [-0.2, 0) is 16.7 Å². The number of benzene rings is 1. The van der Waals surface area contributed by atoms with Crippen LogP contribution in [0.1, 0.15) is 49.7 Å². The second-order valence-corrected chi connectivity index (χ2v) is 9.80. The number of allylic oxidation sites excluding steroid dienone is 1. The Hall–Kier alpha value is -1.41. The Balaban J connectivity index is 1.74. The second-order valence-electron chi connectivity index (χ2n) is 8.65. The minimum absolute atomic E-state index is 0.166. The Bertz CT molecular complexity index is 884. The van der Waals surface area contributed by atoms with Crippen LogP contribution in [0.25, 0.3) is 0 Å². The van der Waals surface area contributed by atoms with Gasteiger partial charge in [-0.05, 0) is 78.0 Å². The normalized spacial score (nSPS) is 40.6. The fourth-order valence-corrected chi connectivity index (χ4v) is 6.64. The first-order valence-electron chi connectivity index (χ1n) is 9.45. The van der Waals surface area contributed by atoms with E-state index < -0.39 is 22.5 Å². The molecule has 0 unspecified atom stereocenters. The first-order chi connectivity index (χ1) is 12.6. The van der Waals surface area contributed by atoms with Gasteiger partial charge in [0.05, 0.1) is 12.2 Å². The van der Waals surface area contributed by atoms with Gasteiger partial charge in [0, 0.05) is 0 Å². The highest BCUT2D eigenvalue weighted by molar-refractivity contribution is 7.84. The SMILES string of the molecule is C=C[C@@]12CCc3cc(OS(N)(=O)=O)ccc3[C@H]1CC[C@@]1(C)[C@H]2C[C@@H](O)[C@@H]1O. The van der Waals surface area contributed by atoms with E-state index in [1.54, 1.807) is 12.1 Å². The number of hydrogen-bond acceptors (Lipinski definition) is 5. The van der Waals surface area contributed by atoms with E-state index in [1.807, 2.05) is 12.1 Å². The summed E-state index contributed by atoms with van der Waals surface area (Å²) in [5.41, 5.74) is 1.76. The maximum atomic E-state index is 11.2. The monoisotopic (exact) mass is 393 g/mol. The molecule has 0 heterocycles. The van der Waals surface area contributed by atoms with Crippen molar-refractivity contribution >= 4 is 10.3 Å². The minimum Gasteiger partial charge on any atom is -0.390 e. The van der Waals surface area contributed by atoms with Crippen molar-refractivity contribution < 1.29 is 22.8 Å². The van der Waals surface area contributed by atoms with Crippen LogP contribution in [-0.4, -0.2) is 30.8 Å². The number of aliphatic hydroxyl groups excluding tert-OH is 2. The van der Waals surface area contributed by atoms with Crippen molar-refractivity contribution in [3.63, 3.8) is 0 Å². The lowest BCUT2D eigenvalue weighted by Crippen LogP contribution is -2.50. The fourth-order valence-electron chi connectivity index (χ4n) is 6.26. The Morgan fingerprint density at radius 3 is 2.74 bits per heavy atom. The zero-order valence-corrected chi connectivity index (χ0v) is 16.3. The Morgan fingerprint density at radius 2 is 2.07 bits per heavy atom. The first-order valence-corrected chi connectivity index (χ1v) is 10.9. The molecule has 0 spiro atoms. The van der Waals surface area contributed by atoms with Crippen LogP contribution in [0.5, 0.6) is 5.75 Å². The van der Waals surface area contributed by atoms with Crippen molar-refractivity contribution in [2.75, 3.05) is 0 Å². The summed E-state index contributed by atoms with van der Waals surface area (Å²) in [5, 5.41) is 26.0. The Kier molecular flexibility index (Phi) is 4.24. The predicted molar refractivity (Wildman–Crippen MR) is 101 cm³/mol. The number of aryl methyl sites for hydroxylation is 1. The van der Waals surface area contributed by atoms with Crippen molar-refractivity contribution in [2.45, 2.75) is 57.2 Å². The summed E-state index contributed by atoms with van der Waals surface area (Å²) in [5.74, 6) is 0.632. The van der Waals surface area contributed by atoms with Gasteiger partial charge in [-0.2, -0.15) is 13.6 Å². The molecule has 2 fully saturated rings. The molecule has 1 aromatic carbocycles. The van der Waals surface area contributed by atoms with Crippen molar-refractivity contribution in [2.24, 2.45) is 21.9 Å². The average molecular weight is 394 g/mol. The van der Waals surface area contributed by atoms with Gasteiger partial charge in [0.25, 0.3) is 0 Å². The largest absolute Gasteiger partial charge is 0.390 e. The van der Waals surface area contributed by atoms with Gasteiger partial charge in [-0.15, -0.1) is 6.58 Å². The molecule has 1 aromatic rings. The van der Waals surface area contributed by atoms with Crippen molar-refractivity contribution in [1.82, 2.24) is 0 Å². The maximum absolute atomic E-state index is 11.2. The van der Waals surface area contributed by atoms with Crippen LogP contribution in [0.4, 0.5) is 0 Å². The van der Waals surface area contributed by atoms with E-state index in [-0.39, 0.29) is 28.4 Å². The van der Waals surface area contributed by atoms with E-state index >= 15 is 0 Å². The van der Waals surface area contributed by atoms with Gasteiger partial charge in [0.2, 0.25) is 0 Å². The molecule has 6 nitrogen and oxygen atoms in total. The maximum Gasteiger partial charge on any atom is 0.380 e. The van der Waals surface area contributed by atoms with Gasteiger partial charge in [-0.25, -0.2) is 0 Å². The van der Waals surface area contributed by atoms with Gasteiger partial charge in [0.15, 0.2) is 0 Å². The number of rotatable bonds is 3. The molecule has 4 N–H and O–H groups in total. The van der Waals surface area contributed by atoms with Crippen molar-refractivity contribution in [3.05, 3.63) is 42.0 Å². The van der Waals surface area contributed by atoms with Gasteiger partial charge in [-0.3, -0.25) is 0 Å². The van der Waals surface area contributed by atoms with Gasteiger partial charge < -0.3 is 14.4 Å². The van der Waals surface area contributed by atoms with Crippen LogP contribution in [0, 0.1) is 16.7 Å². The predicted octanol–water partition coefficient (Wildman–Crippen LogP) is 2.01. The fraction of sp³-hybridized carbons (Fsp3) is 0.600. The molecular weight excluding hydrogens is 366 g/mol. The Morgan fingerprint density at radius 1 is 1.33 bits per heavy atom. The molecule has 3 aliphatic carbocycles. The molecule has 7 heteroatoms. The molecule has 4 rings (SSSR count). The molecule has 2 saturated carbocycles. The van der Waals surface area contributed by atoms with E-state index in [0.717, 1.165) is 31.2 Å². The standard InChI is InChI=1S/C20H27NO5S/c1-3-20-9-6-12-10-13(26-27(21,24)25)4-5-14(12)15(20)7-8-19(2)17(20)11-16(22)18(19)23/h3-5,10,15-18,22-23H,1,6-9,11H2,2H3,(H2,21,24,25)/t15-,16-,17-,18+,19+,20-/m1/s1. The molecule has 0 saturated heterocycles. The molecular formula is C20H27NO5S. The quantitative estimate of drug-likeness (QED) is 0.681. The minimum atomic E-state index is -4.05. The average Bonchev–Trinajstić information content (AvgIpc) is 2.84. The van der Waals surface area contributed by atoms with Crippen LogP contribution >= 0.6 is 0 Å². The molecule has 0 aromatic heterocycles. The molecule has 6 atom stereocenters. The summed E-state index contributed by atoms with van der Waals surface area (Å²) in [6, 6.07) is 5.34. The molecule has 148 valence electrons. The highest BCUT2D eigenvalue weighted by Gasteiger charge is 2.63. The third kappa shape index (κ3) is 2.75. The smallest absolute Gasteiger partial charge is 0.380 e. The van der Waals surface area contributed by atoms with Crippen LogP contribution < -0.4 is 9.32 Å². The topological polar surface area (TPSA) is 110 Å². The summed E-state index contributed by atoms with van der Waals surface area (Å²) in [4.78, 5) is 0. The molecule has 3 aliphatic rings. The zero-order chi connectivity index (χ0) is 19.6. The number of aliphatic hydroxyl groups is 2. The lowest BCUT2D eigenvalue weighted by molar-refractivity contribution is -0.0687. The van der Waals surface area contributed by atoms with E-state index in [2.05, 4.69) is 13.5 Å². The first kappa shape index (κ1) is 18.9. The summed E-state index contributed by atoms with van der Waals surface area (Å²) in [6.07, 6.45) is 4.58. The number of nitrogens with two attached hydrogens (primary N) is 1. The van der Waals surface area contributed by atoms with Gasteiger partial charge >= 0.3 is 10.3 Å². The molecule has 0 amide bonds. The van der Waals surface area contributed by atoms with E-state index in [9.17, 15) is 18.6 Å². The second kappa shape index (κ2) is 6.04. The van der Waals surface area contributed by atoms with Crippen molar-refractivity contribution in [3.8, 4) is 5.75 Å². The summed E-state index contributed by atoms with van der Waals surface area (Å²) >= 11 is 0.